The van der Waals surface area contributed by atoms with Crippen molar-refractivity contribution < 1.29 is 27.1 Å². The number of aromatic nitrogens is 1. The summed E-state index contributed by atoms with van der Waals surface area (Å²) in [5.74, 6) is -0.832. The van der Waals surface area contributed by atoms with Crippen molar-refractivity contribution in [2.24, 2.45) is 0 Å². The molecule has 0 fully saturated rings. The first kappa shape index (κ1) is 16.1. The van der Waals surface area contributed by atoms with Crippen molar-refractivity contribution in [3.8, 4) is 16.3 Å². The van der Waals surface area contributed by atoms with Gasteiger partial charge in [-0.2, -0.15) is 0 Å². The lowest BCUT2D eigenvalue weighted by atomic mass is 10.3. The maximum Gasteiger partial charge on any atom is 0.573 e. The van der Waals surface area contributed by atoms with E-state index < -0.39 is 12.3 Å². The Morgan fingerprint density at radius 2 is 1.96 bits per heavy atom. The van der Waals surface area contributed by atoms with Crippen molar-refractivity contribution in [1.82, 2.24) is 4.98 Å². The molecule has 0 saturated heterocycles. The molecule has 1 amide bonds. The van der Waals surface area contributed by atoms with E-state index in [-0.39, 0.29) is 11.4 Å². The Morgan fingerprint density at radius 1 is 1.21 bits per heavy atom. The van der Waals surface area contributed by atoms with Crippen LogP contribution in [-0.4, -0.2) is 17.3 Å². The molecule has 0 aliphatic heterocycles. The van der Waals surface area contributed by atoms with E-state index >= 15 is 0 Å². The molecular formula is C15H9F3N2O3S. The number of rotatable bonds is 4. The molecule has 1 N–H and O–H groups in total. The molecule has 9 heteroatoms. The summed E-state index contributed by atoms with van der Waals surface area (Å²) < 4.78 is 45.0. The van der Waals surface area contributed by atoms with E-state index in [2.05, 4.69) is 15.0 Å². The van der Waals surface area contributed by atoms with Crippen molar-refractivity contribution in [3.05, 3.63) is 53.9 Å². The number of amides is 1. The minimum absolute atomic E-state index is 0.201. The van der Waals surface area contributed by atoms with E-state index in [0.717, 1.165) is 17.7 Å². The number of hydrogen-bond donors (Lipinski definition) is 1. The highest BCUT2D eigenvalue weighted by atomic mass is 32.1. The highest BCUT2D eigenvalue weighted by molar-refractivity contribution is 7.13. The number of thiazole rings is 1. The Balaban J connectivity index is 1.66. The minimum Gasteiger partial charge on any atom is -0.472 e. The highest BCUT2D eigenvalue weighted by Crippen LogP contribution is 2.26. The number of furan rings is 1. The van der Waals surface area contributed by atoms with E-state index in [0.29, 0.717) is 10.7 Å². The second-order valence-corrected chi connectivity index (χ2v) is 5.43. The Bertz CT molecular complexity index is 827. The van der Waals surface area contributed by atoms with Gasteiger partial charge in [0, 0.05) is 16.6 Å². The van der Waals surface area contributed by atoms with Gasteiger partial charge < -0.3 is 14.5 Å². The van der Waals surface area contributed by atoms with Crippen LogP contribution in [0, 0.1) is 0 Å². The Labute approximate surface area is 137 Å². The van der Waals surface area contributed by atoms with E-state index in [9.17, 15) is 18.0 Å². The van der Waals surface area contributed by atoms with Gasteiger partial charge in [0.25, 0.3) is 5.91 Å². The first-order chi connectivity index (χ1) is 11.4. The predicted molar refractivity (Wildman–Crippen MR) is 80.9 cm³/mol. The average Bonchev–Trinajstić information content (AvgIpc) is 3.18. The van der Waals surface area contributed by atoms with Gasteiger partial charge in [0.2, 0.25) is 0 Å². The molecule has 24 heavy (non-hydrogen) atoms. The SMILES string of the molecule is O=C(Nc1ccc(OC(F)(F)F)cc1)c1csc(-c2ccoc2)n1. The van der Waals surface area contributed by atoms with Crippen molar-refractivity contribution in [2.45, 2.75) is 6.36 Å². The van der Waals surface area contributed by atoms with Crippen LogP contribution in [0.15, 0.2) is 52.7 Å². The third kappa shape index (κ3) is 3.93. The van der Waals surface area contributed by atoms with Gasteiger partial charge in [0.1, 0.15) is 22.7 Å². The van der Waals surface area contributed by atoms with Crippen molar-refractivity contribution in [1.29, 1.82) is 0 Å². The lowest BCUT2D eigenvalue weighted by Crippen LogP contribution is -2.17. The van der Waals surface area contributed by atoms with Crippen LogP contribution in [0.1, 0.15) is 10.5 Å². The zero-order valence-electron chi connectivity index (χ0n) is 11.8. The van der Waals surface area contributed by atoms with Crippen molar-refractivity contribution >= 4 is 22.9 Å². The van der Waals surface area contributed by atoms with Gasteiger partial charge >= 0.3 is 6.36 Å². The lowest BCUT2D eigenvalue weighted by molar-refractivity contribution is -0.274. The monoisotopic (exact) mass is 354 g/mol. The third-order valence-electron chi connectivity index (χ3n) is 2.85. The lowest BCUT2D eigenvalue weighted by Gasteiger charge is -2.09. The fraction of sp³-hybridized carbons (Fsp3) is 0.0667. The molecule has 0 saturated carbocycles. The molecule has 0 atom stereocenters. The highest BCUT2D eigenvalue weighted by Gasteiger charge is 2.30. The molecule has 0 bridgehead atoms. The van der Waals surface area contributed by atoms with Gasteiger partial charge in [-0.15, -0.1) is 24.5 Å². The Morgan fingerprint density at radius 3 is 2.58 bits per heavy atom. The minimum atomic E-state index is -4.76. The summed E-state index contributed by atoms with van der Waals surface area (Å²) in [6.45, 7) is 0. The van der Waals surface area contributed by atoms with Crippen molar-refractivity contribution in [3.63, 3.8) is 0 Å². The zero-order valence-corrected chi connectivity index (χ0v) is 12.6. The molecule has 0 aliphatic rings. The van der Waals surface area contributed by atoms with E-state index in [1.807, 2.05) is 0 Å². The van der Waals surface area contributed by atoms with Crippen LogP contribution < -0.4 is 10.1 Å². The maximum atomic E-state index is 12.1. The maximum absolute atomic E-state index is 12.1. The molecule has 5 nitrogen and oxygen atoms in total. The first-order valence-corrected chi connectivity index (χ1v) is 7.44. The molecule has 124 valence electrons. The van der Waals surface area contributed by atoms with Gasteiger partial charge in [0.05, 0.1) is 6.26 Å². The molecule has 3 rings (SSSR count). The molecule has 3 aromatic rings. The smallest absolute Gasteiger partial charge is 0.472 e. The van der Waals surface area contributed by atoms with Crippen LogP contribution in [0.4, 0.5) is 18.9 Å². The summed E-state index contributed by atoms with van der Waals surface area (Å²) >= 11 is 1.28. The number of carbonyl (C=O) groups excluding carboxylic acids is 1. The van der Waals surface area contributed by atoms with Crippen molar-refractivity contribution in [2.75, 3.05) is 5.32 Å². The van der Waals surface area contributed by atoms with Gasteiger partial charge in [0.15, 0.2) is 0 Å². The summed E-state index contributed by atoms with van der Waals surface area (Å²) in [5, 5.41) is 4.76. The van der Waals surface area contributed by atoms with E-state index in [1.165, 1.54) is 36.0 Å². The fourth-order valence-electron chi connectivity index (χ4n) is 1.83. The van der Waals surface area contributed by atoms with Gasteiger partial charge in [-0.1, -0.05) is 0 Å². The number of halogens is 3. The van der Waals surface area contributed by atoms with Gasteiger partial charge in [-0.3, -0.25) is 4.79 Å². The summed E-state index contributed by atoms with van der Waals surface area (Å²) in [6, 6.07) is 6.56. The second kappa shape index (κ2) is 6.36. The van der Waals surface area contributed by atoms with Crippen LogP contribution in [0.25, 0.3) is 10.6 Å². The number of alkyl halides is 3. The quantitative estimate of drug-likeness (QED) is 0.746. The van der Waals surface area contributed by atoms with Crippen LogP contribution >= 0.6 is 11.3 Å². The van der Waals surface area contributed by atoms with Crippen LogP contribution in [0.5, 0.6) is 5.75 Å². The summed E-state index contributed by atoms with van der Waals surface area (Å²) in [6.07, 6.45) is -1.74. The normalized spacial score (nSPS) is 11.3. The number of anilines is 1. The number of nitrogens with one attached hydrogen (secondary N) is 1. The van der Waals surface area contributed by atoms with E-state index in [4.69, 9.17) is 4.42 Å². The standard InChI is InChI=1S/C15H9F3N2O3S/c16-15(17,18)23-11-3-1-10(2-4-11)19-13(21)12-8-24-14(20-12)9-5-6-22-7-9/h1-8H,(H,19,21). The number of benzene rings is 1. The second-order valence-electron chi connectivity index (χ2n) is 4.58. The summed E-state index contributed by atoms with van der Waals surface area (Å²) in [4.78, 5) is 16.3. The zero-order chi connectivity index (χ0) is 17.2. The van der Waals surface area contributed by atoms with E-state index in [1.54, 1.807) is 11.4 Å². The van der Waals surface area contributed by atoms with Crippen LogP contribution in [0.3, 0.4) is 0 Å². The van der Waals surface area contributed by atoms with Crippen LogP contribution in [0.2, 0.25) is 0 Å². The number of hydrogen-bond acceptors (Lipinski definition) is 5. The molecule has 0 radical (unpaired) electrons. The van der Waals surface area contributed by atoms with Crippen LogP contribution in [-0.2, 0) is 0 Å². The summed E-state index contributed by atoms with van der Waals surface area (Å²) in [5.41, 5.74) is 1.28. The number of carbonyl (C=O) groups is 1. The largest absolute Gasteiger partial charge is 0.573 e. The summed E-state index contributed by atoms with van der Waals surface area (Å²) in [7, 11) is 0. The number of ether oxygens (including phenoxy) is 1. The van der Waals surface area contributed by atoms with Gasteiger partial charge in [-0.25, -0.2) is 4.98 Å². The Hall–Kier alpha value is -2.81. The average molecular weight is 354 g/mol. The molecule has 0 unspecified atom stereocenters. The third-order valence-corrected chi connectivity index (χ3v) is 3.74. The topological polar surface area (TPSA) is 64.4 Å². The molecule has 2 aromatic heterocycles. The Kier molecular flexibility index (Phi) is 4.26. The molecule has 1 aromatic carbocycles. The molecule has 2 heterocycles. The van der Waals surface area contributed by atoms with Gasteiger partial charge in [-0.05, 0) is 30.3 Å². The predicted octanol–water partition coefficient (Wildman–Crippen LogP) is 4.55. The first-order valence-electron chi connectivity index (χ1n) is 6.56. The fourth-order valence-corrected chi connectivity index (χ4v) is 2.62. The molecule has 0 aliphatic carbocycles. The molecule has 0 spiro atoms. The number of nitrogens with zero attached hydrogens (tertiary/aromatic N) is 1. The molecular weight excluding hydrogens is 345 g/mol.